The second-order valence-electron chi connectivity index (χ2n) is 14.0. The average Bonchev–Trinajstić information content (AvgIpc) is 3.40. The Hall–Kier alpha value is -7.74. The van der Waals surface area contributed by atoms with Crippen LogP contribution in [0.1, 0.15) is 16.4 Å². The molecule has 1 nitrogen and oxygen atoms in total. The van der Waals surface area contributed by atoms with Crippen molar-refractivity contribution in [3.8, 4) is 66.8 Å². The van der Waals surface area contributed by atoms with Gasteiger partial charge in [-0.1, -0.05) is 200 Å². The van der Waals surface area contributed by atoms with Crippen molar-refractivity contribution in [3.63, 3.8) is 0 Å². The number of anilines is 3. The highest BCUT2D eigenvalue weighted by molar-refractivity contribution is 5.97. The van der Waals surface area contributed by atoms with E-state index < -0.39 is 89.6 Å². The van der Waals surface area contributed by atoms with Crippen LogP contribution in [0.3, 0.4) is 0 Å². The van der Waals surface area contributed by atoms with Crippen LogP contribution < -0.4 is 4.90 Å². The molecule has 0 saturated carbocycles. The summed E-state index contributed by atoms with van der Waals surface area (Å²) >= 11 is 0. The van der Waals surface area contributed by atoms with Crippen molar-refractivity contribution in [2.75, 3.05) is 4.90 Å². The van der Waals surface area contributed by atoms with Crippen LogP contribution in [0, 0.1) is 0 Å². The molecule has 1 heteroatoms. The second kappa shape index (κ2) is 16.0. The summed E-state index contributed by atoms with van der Waals surface area (Å²) < 4.78 is 114. The summed E-state index contributed by atoms with van der Waals surface area (Å²) in [5, 5.41) is 1.98. The second-order valence-corrected chi connectivity index (χ2v) is 14.0. The van der Waals surface area contributed by atoms with Crippen LogP contribution in [-0.2, 0) is 0 Å². The monoisotopic (exact) mass is 763 g/mol. The lowest BCUT2D eigenvalue weighted by Crippen LogP contribution is -2.09. The molecule has 0 radical (unpaired) electrons. The SMILES string of the molecule is [2H]c1c([2H])c(N(c2c([2H])c([2H])c(-c3cccc(-c4cccc5ccccc45)c3)c([2H])c2[2H])c2c([2H])c([2H])c(-c3ccc(-c4ccccc4)c(-c4ccccc4)c3)c([2H])c2[2H])c([2H])c([2H])c1-c1ccccc1. The fraction of sp³-hybridized carbons (Fsp3) is 0. The minimum atomic E-state index is -0.679. The van der Waals surface area contributed by atoms with E-state index >= 15 is 0 Å². The third-order valence-corrected chi connectivity index (χ3v) is 10.3. The molecule has 0 aliphatic carbocycles. The molecule has 10 aromatic rings. The standard InChI is InChI=1S/C58H41N/c1-4-14-42(15-5-1)43-26-33-52(34-27-43)59(53-35-28-44(29-36-53)49-22-12-23-51(40-49)56-25-13-21-47-20-10-11-24-55(47)56)54-37-30-45(31-38-54)50-32-39-57(46-16-6-2-7-17-46)58(41-50)48-18-8-3-9-19-48/h1-41H/i26D,27D,28D,29D,30D,31D,33D,34D,35D,36D,37D,38D. The van der Waals surface area contributed by atoms with Crippen LogP contribution in [0.15, 0.2) is 248 Å². The maximum Gasteiger partial charge on any atom is 0.0645 e. The van der Waals surface area contributed by atoms with E-state index in [2.05, 4.69) is 0 Å². The highest BCUT2D eigenvalue weighted by Crippen LogP contribution is 2.40. The van der Waals surface area contributed by atoms with E-state index in [4.69, 9.17) is 0 Å². The Balaban J connectivity index is 1.22. The number of hydrogen-bond donors (Lipinski definition) is 0. The Labute approximate surface area is 363 Å². The number of rotatable bonds is 9. The topological polar surface area (TPSA) is 3.24 Å². The van der Waals surface area contributed by atoms with Crippen molar-refractivity contribution in [2.45, 2.75) is 0 Å². The fourth-order valence-electron chi connectivity index (χ4n) is 7.37. The quantitative estimate of drug-likeness (QED) is 0.142. The number of nitrogens with zero attached hydrogens (tertiary/aromatic N) is 1. The molecule has 0 aliphatic rings. The smallest absolute Gasteiger partial charge is 0.0645 e. The van der Waals surface area contributed by atoms with E-state index in [0.29, 0.717) is 16.7 Å². The van der Waals surface area contributed by atoms with Gasteiger partial charge in [0.15, 0.2) is 0 Å². The van der Waals surface area contributed by atoms with Gasteiger partial charge in [-0.2, -0.15) is 0 Å². The molecule has 59 heavy (non-hydrogen) atoms. The van der Waals surface area contributed by atoms with Crippen LogP contribution in [-0.4, -0.2) is 0 Å². The molecule has 0 unspecified atom stereocenters. The summed E-state index contributed by atoms with van der Waals surface area (Å²) in [6.45, 7) is 0. The molecule has 0 N–H and O–H groups in total. The van der Waals surface area contributed by atoms with E-state index in [1.165, 1.54) is 0 Å². The maximum absolute atomic E-state index is 9.69. The van der Waals surface area contributed by atoms with E-state index in [-0.39, 0.29) is 16.7 Å². The first-order valence-electron chi connectivity index (χ1n) is 25.3. The molecule has 10 aromatic carbocycles. The van der Waals surface area contributed by atoms with Crippen molar-refractivity contribution in [1.29, 1.82) is 0 Å². The third-order valence-electron chi connectivity index (χ3n) is 10.3. The Morgan fingerprint density at radius 2 is 0.678 bits per heavy atom. The van der Waals surface area contributed by atoms with Crippen molar-refractivity contribution < 1.29 is 16.4 Å². The molecule has 10 rings (SSSR count). The van der Waals surface area contributed by atoms with Crippen LogP contribution >= 0.6 is 0 Å². The number of hydrogen-bond acceptors (Lipinski definition) is 1. The van der Waals surface area contributed by atoms with Gasteiger partial charge in [-0.3, -0.25) is 0 Å². The van der Waals surface area contributed by atoms with E-state index in [9.17, 15) is 16.4 Å². The van der Waals surface area contributed by atoms with Gasteiger partial charge in [-0.15, -0.1) is 0 Å². The van der Waals surface area contributed by atoms with Gasteiger partial charge in [0.25, 0.3) is 0 Å². The maximum atomic E-state index is 9.69. The predicted molar refractivity (Wildman–Crippen MR) is 251 cm³/mol. The lowest BCUT2D eigenvalue weighted by atomic mass is 9.91. The molecule has 0 aliphatic heterocycles. The summed E-state index contributed by atoms with van der Waals surface area (Å²) in [6.07, 6.45) is 0. The first-order valence-corrected chi connectivity index (χ1v) is 19.3. The van der Waals surface area contributed by atoms with Crippen LogP contribution in [0.5, 0.6) is 0 Å². The molecule has 0 amide bonds. The average molecular weight is 764 g/mol. The van der Waals surface area contributed by atoms with Gasteiger partial charge < -0.3 is 4.90 Å². The molecular weight excluding hydrogens is 711 g/mol. The van der Waals surface area contributed by atoms with E-state index in [0.717, 1.165) is 49.1 Å². The number of fused-ring (bicyclic) bond motifs is 1. The molecule has 0 fully saturated rings. The minimum absolute atomic E-state index is 0.0478. The summed E-state index contributed by atoms with van der Waals surface area (Å²) in [5.41, 5.74) is 4.21. The van der Waals surface area contributed by atoms with Crippen LogP contribution in [0.2, 0.25) is 0 Å². The Bertz CT molecular complexity index is 3640. The number of benzene rings is 10. The minimum Gasteiger partial charge on any atom is -0.311 e. The predicted octanol–water partition coefficient (Wildman–Crippen LogP) is 16.3. The first-order chi connectivity index (χ1) is 34.3. The molecule has 278 valence electrons. The molecule has 0 spiro atoms. The van der Waals surface area contributed by atoms with Crippen molar-refractivity contribution in [3.05, 3.63) is 248 Å². The molecule has 0 heterocycles. The summed E-state index contributed by atoms with van der Waals surface area (Å²) in [5.74, 6) is 0. The van der Waals surface area contributed by atoms with Gasteiger partial charge in [-0.05, 0) is 126 Å². The van der Waals surface area contributed by atoms with Gasteiger partial charge in [0.2, 0.25) is 0 Å². The molecule has 0 saturated heterocycles. The highest BCUT2D eigenvalue weighted by atomic mass is 15.1. The molecule has 0 bridgehead atoms. The van der Waals surface area contributed by atoms with E-state index in [1.807, 2.05) is 115 Å². The zero-order valence-corrected chi connectivity index (χ0v) is 31.7. The largest absolute Gasteiger partial charge is 0.311 e. The lowest BCUT2D eigenvalue weighted by molar-refractivity contribution is 1.28. The first kappa shape index (κ1) is 24.8. The fourth-order valence-corrected chi connectivity index (χ4v) is 7.37. The van der Waals surface area contributed by atoms with Gasteiger partial charge in [0.05, 0.1) is 16.4 Å². The van der Waals surface area contributed by atoms with Crippen molar-refractivity contribution >= 4 is 27.8 Å². The zero-order chi connectivity index (χ0) is 49.8. The lowest BCUT2D eigenvalue weighted by Gasteiger charge is -2.26. The van der Waals surface area contributed by atoms with E-state index in [1.54, 1.807) is 60.7 Å². The molecule has 0 aromatic heterocycles. The third kappa shape index (κ3) is 7.34. The zero-order valence-electron chi connectivity index (χ0n) is 43.7. The van der Waals surface area contributed by atoms with Gasteiger partial charge in [0, 0.05) is 17.1 Å². The highest BCUT2D eigenvalue weighted by Gasteiger charge is 2.15. The summed E-state index contributed by atoms with van der Waals surface area (Å²) in [6, 6.07) is 46.8. The Kier molecular flexibility index (Phi) is 6.73. The van der Waals surface area contributed by atoms with Gasteiger partial charge in [0.1, 0.15) is 0 Å². The van der Waals surface area contributed by atoms with Crippen molar-refractivity contribution in [1.82, 2.24) is 0 Å². The summed E-state index contributed by atoms with van der Waals surface area (Å²) in [4.78, 5) is 0.852. The van der Waals surface area contributed by atoms with Crippen molar-refractivity contribution in [2.24, 2.45) is 0 Å². The van der Waals surface area contributed by atoms with Crippen LogP contribution in [0.25, 0.3) is 77.5 Å². The van der Waals surface area contributed by atoms with Gasteiger partial charge >= 0.3 is 0 Å². The van der Waals surface area contributed by atoms with Gasteiger partial charge in [-0.25, -0.2) is 0 Å². The molecule has 0 atom stereocenters. The van der Waals surface area contributed by atoms with Crippen LogP contribution in [0.4, 0.5) is 17.1 Å². The molecular formula is C58H41N. The normalized spacial score (nSPS) is 13.9. The summed E-state index contributed by atoms with van der Waals surface area (Å²) in [7, 11) is 0. The Morgan fingerprint density at radius 1 is 0.254 bits per heavy atom. The Morgan fingerprint density at radius 3 is 1.27 bits per heavy atom.